The van der Waals surface area contributed by atoms with Crippen LogP contribution in [0.25, 0.3) is 0 Å². The number of carbonyl (C=O) groups excluding carboxylic acids is 1. The van der Waals surface area contributed by atoms with E-state index < -0.39 is 16.0 Å². The lowest BCUT2D eigenvalue weighted by atomic mass is 9.89. The summed E-state index contributed by atoms with van der Waals surface area (Å²) in [4.78, 5) is 11.9. The van der Waals surface area contributed by atoms with E-state index in [4.69, 9.17) is 21.5 Å². The summed E-state index contributed by atoms with van der Waals surface area (Å²) >= 11 is 5.83. The van der Waals surface area contributed by atoms with E-state index >= 15 is 0 Å². The van der Waals surface area contributed by atoms with Crippen molar-refractivity contribution in [2.75, 3.05) is 0 Å². The number of hydrogen-bond acceptors (Lipinski definition) is 4. The molecule has 21 heavy (non-hydrogen) atoms. The molecule has 1 aliphatic carbocycles. The monoisotopic (exact) mass is 331 g/mol. The van der Waals surface area contributed by atoms with Crippen LogP contribution >= 0.6 is 11.6 Å². The van der Waals surface area contributed by atoms with Crippen LogP contribution in [-0.4, -0.2) is 20.5 Å². The predicted octanol–water partition coefficient (Wildman–Crippen LogP) is 2.72. The van der Waals surface area contributed by atoms with Gasteiger partial charge in [0.05, 0.1) is 10.5 Å². The van der Waals surface area contributed by atoms with Gasteiger partial charge >= 0.3 is 5.97 Å². The largest absolute Gasteiger partial charge is 0.459 e. The van der Waals surface area contributed by atoms with Crippen molar-refractivity contribution in [1.29, 1.82) is 0 Å². The molecule has 7 heteroatoms. The fourth-order valence-corrected chi connectivity index (χ4v) is 3.29. The van der Waals surface area contributed by atoms with Crippen LogP contribution in [0.1, 0.15) is 43.0 Å². The van der Waals surface area contributed by atoms with Gasteiger partial charge in [0, 0.05) is 5.02 Å². The van der Waals surface area contributed by atoms with Gasteiger partial charge in [0.2, 0.25) is 10.0 Å². The van der Waals surface area contributed by atoms with Gasteiger partial charge in [-0.05, 0) is 49.8 Å². The zero-order valence-electron chi connectivity index (χ0n) is 11.7. The Morgan fingerprint density at radius 1 is 1.24 bits per heavy atom. The van der Waals surface area contributed by atoms with Crippen LogP contribution in [0.15, 0.2) is 23.1 Å². The number of rotatable bonds is 3. The Morgan fingerprint density at radius 2 is 1.86 bits per heavy atom. The average Bonchev–Trinajstić information content (AvgIpc) is 2.39. The second-order valence-corrected chi connectivity index (χ2v) is 7.51. The molecule has 0 bridgehead atoms. The molecule has 2 N–H and O–H groups in total. The summed E-state index contributed by atoms with van der Waals surface area (Å²) in [6.07, 6.45) is 3.59. The minimum Gasteiger partial charge on any atom is -0.459 e. The maximum atomic E-state index is 12.1. The highest BCUT2D eigenvalue weighted by Gasteiger charge is 2.23. The first-order valence-corrected chi connectivity index (χ1v) is 8.72. The van der Waals surface area contributed by atoms with Crippen LogP contribution in [0, 0.1) is 5.92 Å². The molecule has 1 saturated carbocycles. The Balaban J connectivity index is 2.14. The zero-order chi connectivity index (χ0) is 15.6. The SMILES string of the molecule is CC1CCC(OC(=O)c2cc(Cl)cc(S(N)(=O)=O)c2)CC1. The number of halogens is 1. The highest BCUT2D eigenvalue weighted by Crippen LogP contribution is 2.27. The zero-order valence-corrected chi connectivity index (χ0v) is 13.3. The number of hydrogen-bond donors (Lipinski definition) is 1. The molecule has 0 radical (unpaired) electrons. The average molecular weight is 332 g/mol. The van der Waals surface area contributed by atoms with E-state index in [0.717, 1.165) is 25.7 Å². The van der Waals surface area contributed by atoms with E-state index in [9.17, 15) is 13.2 Å². The van der Waals surface area contributed by atoms with Crippen LogP contribution in [0.2, 0.25) is 5.02 Å². The molecule has 1 fully saturated rings. The molecule has 0 unspecified atom stereocenters. The molecule has 0 heterocycles. The standard InChI is InChI=1S/C14H18ClNO4S/c1-9-2-4-12(5-3-9)20-14(17)10-6-11(15)8-13(7-10)21(16,18)19/h6-9,12H,2-5H2,1H3,(H2,16,18,19). The second kappa shape index (κ2) is 6.34. The van der Waals surface area contributed by atoms with E-state index in [2.05, 4.69) is 6.92 Å². The molecule has 0 atom stereocenters. The third-order valence-corrected chi connectivity index (χ3v) is 4.78. The summed E-state index contributed by atoms with van der Waals surface area (Å²) in [5.41, 5.74) is 0.102. The molecule has 1 aromatic rings. The number of primary sulfonamides is 1. The lowest BCUT2D eigenvalue weighted by molar-refractivity contribution is 0.0173. The molecule has 2 rings (SSSR count). The lowest BCUT2D eigenvalue weighted by Gasteiger charge is -2.26. The van der Waals surface area contributed by atoms with Gasteiger partial charge in [-0.1, -0.05) is 18.5 Å². The molecule has 1 aromatic carbocycles. The highest BCUT2D eigenvalue weighted by atomic mass is 35.5. The van der Waals surface area contributed by atoms with Gasteiger partial charge in [-0.15, -0.1) is 0 Å². The van der Waals surface area contributed by atoms with Gasteiger partial charge in [0.25, 0.3) is 0 Å². The Morgan fingerprint density at radius 3 is 2.43 bits per heavy atom. The maximum Gasteiger partial charge on any atom is 0.338 e. The van der Waals surface area contributed by atoms with Crippen LogP contribution < -0.4 is 5.14 Å². The van der Waals surface area contributed by atoms with Gasteiger partial charge in [-0.2, -0.15) is 0 Å². The van der Waals surface area contributed by atoms with E-state index in [1.807, 2.05) is 0 Å². The first-order chi connectivity index (χ1) is 9.75. The van der Waals surface area contributed by atoms with Gasteiger partial charge in [0.1, 0.15) is 6.10 Å². The summed E-state index contributed by atoms with van der Waals surface area (Å²) in [5.74, 6) is 0.0852. The number of carbonyl (C=O) groups is 1. The van der Waals surface area contributed by atoms with Gasteiger partial charge < -0.3 is 4.74 Å². The van der Waals surface area contributed by atoms with Crippen molar-refractivity contribution < 1.29 is 17.9 Å². The molecule has 0 amide bonds. The van der Waals surface area contributed by atoms with Crippen molar-refractivity contribution in [3.8, 4) is 0 Å². The third-order valence-electron chi connectivity index (χ3n) is 3.67. The van der Waals surface area contributed by atoms with Gasteiger partial charge in [0.15, 0.2) is 0 Å². The Hall–Kier alpha value is -1.11. The first-order valence-electron chi connectivity index (χ1n) is 6.80. The molecule has 0 aromatic heterocycles. The number of esters is 1. The van der Waals surface area contributed by atoms with Crippen molar-refractivity contribution in [3.05, 3.63) is 28.8 Å². The lowest BCUT2D eigenvalue weighted by Crippen LogP contribution is -2.24. The van der Waals surface area contributed by atoms with Gasteiger partial charge in [-0.3, -0.25) is 0 Å². The fourth-order valence-electron chi connectivity index (χ4n) is 2.41. The summed E-state index contributed by atoms with van der Waals surface area (Å²) in [7, 11) is -3.91. The maximum absolute atomic E-state index is 12.1. The molecule has 0 aliphatic heterocycles. The Labute approximate surface area is 129 Å². The predicted molar refractivity (Wildman–Crippen MR) is 79.7 cm³/mol. The summed E-state index contributed by atoms with van der Waals surface area (Å²) in [6.45, 7) is 2.17. The van der Waals surface area contributed by atoms with E-state index in [1.54, 1.807) is 0 Å². The molecule has 1 aliphatic rings. The number of ether oxygens (including phenoxy) is 1. The Bertz CT molecular complexity index is 636. The number of sulfonamides is 1. The third kappa shape index (κ3) is 4.43. The fraction of sp³-hybridized carbons (Fsp3) is 0.500. The minimum absolute atomic E-state index is 0.102. The Kier molecular flexibility index (Phi) is 4.91. The summed E-state index contributed by atoms with van der Waals surface area (Å²) < 4.78 is 28.1. The first kappa shape index (κ1) is 16.3. The minimum atomic E-state index is -3.91. The summed E-state index contributed by atoms with van der Waals surface area (Å²) in [5, 5.41) is 5.19. The van der Waals surface area contributed by atoms with Crippen LogP contribution in [0.5, 0.6) is 0 Å². The highest BCUT2D eigenvalue weighted by molar-refractivity contribution is 7.89. The number of benzene rings is 1. The van der Waals surface area contributed by atoms with Crippen LogP contribution in [0.4, 0.5) is 0 Å². The summed E-state index contributed by atoms with van der Waals surface area (Å²) in [6, 6.07) is 3.77. The quantitative estimate of drug-likeness (QED) is 0.863. The second-order valence-electron chi connectivity index (χ2n) is 5.51. The molecular formula is C14H18ClNO4S. The van der Waals surface area contributed by atoms with Crippen molar-refractivity contribution >= 4 is 27.6 Å². The van der Waals surface area contributed by atoms with Gasteiger partial charge in [-0.25, -0.2) is 18.4 Å². The molecular weight excluding hydrogens is 314 g/mol. The molecule has 0 saturated heterocycles. The smallest absolute Gasteiger partial charge is 0.338 e. The number of nitrogens with two attached hydrogens (primary N) is 1. The van der Waals surface area contributed by atoms with Crippen LogP contribution in [-0.2, 0) is 14.8 Å². The molecule has 116 valence electrons. The van der Waals surface area contributed by atoms with Crippen molar-refractivity contribution in [1.82, 2.24) is 0 Å². The molecule has 0 spiro atoms. The normalized spacial score (nSPS) is 22.8. The van der Waals surface area contributed by atoms with E-state index in [0.29, 0.717) is 5.92 Å². The topological polar surface area (TPSA) is 86.5 Å². The van der Waals surface area contributed by atoms with Crippen LogP contribution in [0.3, 0.4) is 0 Å². The van der Waals surface area contributed by atoms with Crippen molar-refractivity contribution in [2.24, 2.45) is 11.1 Å². The van der Waals surface area contributed by atoms with Crippen molar-refractivity contribution in [2.45, 2.75) is 43.6 Å². The van der Waals surface area contributed by atoms with Crippen molar-refractivity contribution in [3.63, 3.8) is 0 Å². The molecule has 5 nitrogen and oxygen atoms in total. The van der Waals surface area contributed by atoms with E-state index in [-0.39, 0.29) is 21.6 Å². The van der Waals surface area contributed by atoms with E-state index in [1.165, 1.54) is 18.2 Å².